The number of ether oxygens (including phenoxy) is 1. The number of rotatable bonds is 3. The number of hydrogen-bond acceptors (Lipinski definition) is 4. The Balaban J connectivity index is 1.99. The van der Waals surface area contributed by atoms with Crippen molar-refractivity contribution in [2.45, 2.75) is 25.9 Å². The fraction of sp³-hybridized carbons (Fsp3) is 0.636. The summed E-state index contributed by atoms with van der Waals surface area (Å²) in [5.41, 5.74) is 0. The van der Waals surface area contributed by atoms with E-state index in [1.54, 1.807) is 6.20 Å². The van der Waals surface area contributed by atoms with Crippen molar-refractivity contribution >= 4 is 0 Å². The molecule has 0 aromatic carbocycles. The molecule has 2 heterocycles. The highest BCUT2D eigenvalue weighted by Crippen LogP contribution is 2.16. The molecule has 1 saturated heterocycles. The van der Waals surface area contributed by atoms with Crippen LogP contribution in [0.3, 0.4) is 0 Å². The van der Waals surface area contributed by atoms with Crippen LogP contribution in [-0.2, 0) is 0 Å². The Morgan fingerprint density at radius 2 is 2.20 bits per heavy atom. The molecule has 0 N–H and O–H groups in total. The smallest absolute Gasteiger partial charge is 0.216 e. The molecule has 0 aliphatic carbocycles. The average molecular weight is 207 g/mol. The second-order valence-electron chi connectivity index (χ2n) is 4.37. The minimum Gasteiger partial charge on any atom is -0.472 e. The lowest BCUT2D eigenvalue weighted by Gasteiger charge is -2.35. The van der Waals surface area contributed by atoms with E-state index in [0.29, 0.717) is 17.9 Å². The highest BCUT2D eigenvalue weighted by atomic mass is 16.5. The average Bonchev–Trinajstić information content (AvgIpc) is 2.16. The summed E-state index contributed by atoms with van der Waals surface area (Å²) in [6.45, 7) is 6.13. The predicted molar refractivity (Wildman–Crippen MR) is 58.0 cm³/mol. The molecule has 0 spiro atoms. The third-order valence-electron chi connectivity index (χ3n) is 2.48. The first-order valence-electron chi connectivity index (χ1n) is 5.33. The maximum absolute atomic E-state index is 5.72. The number of nitrogens with zero attached hydrogens (tertiary/aromatic N) is 3. The van der Waals surface area contributed by atoms with Gasteiger partial charge in [-0.2, -0.15) is 4.98 Å². The molecule has 1 fully saturated rings. The summed E-state index contributed by atoms with van der Waals surface area (Å²) in [5.74, 6) is 1.89. The fourth-order valence-corrected chi connectivity index (χ4v) is 1.59. The largest absolute Gasteiger partial charge is 0.472 e. The van der Waals surface area contributed by atoms with E-state index in [-0.39, 0.29) is 0 Å². The van der Waals surface area contributed by atoms with E-state index < -0.39 is 0 Å². The molecule has 1 aliphatic rings. The summed E-state index contributed by atoms with van der Waals surface area (Å²) < 4.78 is 5.72. The molecule has 0 bridgehead atoms. The van der Waals surface area contributed by atoms with Gasteiger partial charge in [0.1, 0.15) is 11.9 Å². The van der Waals surface area contributed by atoms with Crippen LogP contribution < -0.4 is 4.74 Å². The van der Waals surface area contributed by atoms with Crippen LogP contribution in [0.4, 0.5) is 0 Å². The van der Waals surface area contributed by atoms with Crippen LogP contribution in [0.2, 0.25) is 0 Å². The lowest BCUT2D eigenvalue weighted by molar-refractivity contribution is 0.0353. The highest BCUT2D eigenvalue weighted by Gasteiger charge is 2.25. The third kappa shape index (κ3) is 2.45. The predicted octanol–water partition coefficient (Wildman–Crippen LogP) is 1.29. The Morgan fingerprint density at radius 3 is 2.80 bits per heavy atom. The maximum Gasteiger partial charge on any atom is 0.216 e. The van der Waals surface area contributed by atoms with Crippen LogP contribution in [-0.4, -0.2) is 41.1 Å². The molecule has 2 rings (SSSR count). The van der Waals surface area contributed by atoms with Crippen LogP contribution in [0.15, 0.2) is 12.3 Å². The van der Waals surface area contributed by atoms with E-state index >= 15 is 0 Å². The lowest BCUT2D eigenvalue weighted by atomic mass is 10.2. The molecular weight excluding hydrogens is 190 g/mol. The quantitative estimate of drug-likeness (QED) is 0.748. The molecule has 0 saturated carbocycles. The van der Waals surface area contributed by atoms with Crippen molar-refractivity contribution in [1.82, 2.24) is 14.9 Å². The second kappa shape index (κ2) is 4.14. The van der Waals surface area contributed by atoms with Crippen LogP contribution in [0.5, 0.6) is 5.88 Å². The summed E-state index contributed by atoms with van der Waals surface area (Å²) in [4.78, 5) is 10.8. The Morgan fingerprint density at radius 1 is 1.47 bits per heavy atom. The van der Waals surface area contributed by atoms with Gasteiger partial charge >= 0.3 is 0 Å². The zero-order valence-corrected chi connectivity index (χ0v) is 9.47. The van der Waals surface area contributed by atoms with Gasteiger partial charge in [0.15, 0.2) is 0 Å². The van der Waals surface area contributed by atoms with Crippen molar-refractivity contribution in [2.75, 3.05) is 20.1 Å². The lowest BCUT2D eigenvalue weighted by Crippen LogP contribution is -2.51. The van der Waals surface area contributed by atoms with Gasteiger partial charge in [-0.05, 0) is 7.05 Å². The van der Waals surface area contributed by atoms with Gasteiger partial charge in [-0.1, -0.05) is 13.8 Å². The van der Waals surface area contributed by atoms with E-state index in [1.807, 2.05) is 6.07 Å². The molecular formula is C11H17N3O. The van der Waals surface area contributed by atoms with Gasteiger partial charge in [0.05, 0.1) is 0 Å². The normalized spacial score (nSPS) is 17.9. The first-order valence-corrected chi connectivity index (χ1v) is 5.33. The Kier molecular flexibility index (Phi) is 2.86. The van der Waals surface area contributed by atoms with E-state index in [2.05, 4.69) is 35.8 Å². The van der Waals surface area contributed by atoms with Crippen LogP contribution >= 0.6 is 0 Å². The van der Waals surface area contributed by atoms with Crippen LogP contribution in [0.25, 0.3) is 0 Å². The molecule has 15 heavy (non-hydrogen) atoms. The second-order valence-corrected chi connectivity index (χ2v) is 4.37. The van der Waals surface area contributed by atoms with Gasteiger partial charge in [-0.3, -0.25) is 4.90 Å². The molecule has 1 aromatic heterocycles. The standard InChI is InChI=1S/C11H17N3O/c1-8(2)11-12-5-4-10(13-11)15-9-6-14(3)7-9/h4-5,8-9H,6-7H2,1-3H3. The first-order chi connectivity index (χ1) is 7.15. The minimum atomic E-state index is 0.296. The summed E-state index contributed by atoms with van der Waals surface area (Å²) >= 11 is 0. The van der Waals surface area contributed by atoms with Gasteiger partial charge < -0.3 is 4.74 Å². The van der Waals surface area contributed by atoms with Gasteiger partial charge in [-0.25, -0.2) is 4.98 Å². The van der Waals surface area contributed by atoms with Crippen molar-refractivity contribution in [3.8, 4) is 5.88 Å². The molecule has 0 amide bonds. The summed E-state index contributed by atoms with van der Waals surface area (Å²) in [5, 5.41) is 0. The zero-order valence-electron chi connectivity index (χ0n) is 9.47. The molecule has 82 valence electrons. The molecule has 4 nitrogen and oxygen atoms in total. The van der Waals surface area contributed by atoms with E-state index in [4.69, 9.17) is 4.74 Å². The number of aromatic nitrogens is 2. The minimum absolute atomic E-state index is 0.296. The molecule has 0 unspecified atom stereocenters. The summed E-state index contributed by atoms with van der Waals surface area (Å²) in [6, 6.07) is 1.82. The van der Waals surface area contributed by atoms with Crippen molar-refractivity contribution in [1.29, 1.82) is 0 Å². The van der Waals surface area contributed by atoms with E-state index in [9.17, 15) is 0 Å². The molecule has 0 radical (unpaired) electrons. The summed E-state index contributed by atoms with van der Waals surface area (Å²) in [7, 11) is 2.08. The first kappa shape index (κ1) is 10.4. The number of likely N-dealkylation sites (N-methyl/N-ethyl adjacent to an activating group) is 1. The maximum atomic E-state index is 5.72. The van der Waals surface area contributed by atoms with Crippen molar-refractivity contribution in [3.63, 3.8) is 0 Å². The fourth-order valence-electron chi connectivity index (χ4n) is 1.59. The monoisotopic (exact) mass is 207 g/mol. The third-order valence-corrected chi connectivity index (χ3v) is 2.48. The Hall–Kier alpha value is -1.16. The molecule has 1 aromatic rings. The highest BCUT2D eigenvalue weighted by molar-refractivity contribution is 5.11. The van der Waals surface area contributed by atoms with Crippen molar-refractivity contribution in [3.05, 3.63) is 18.1 Å². The van der Waals surface area contributed by atoms with Crippen LogP contribution in [0, 0.1) is 0 Å². The Bertz CT molecular complexity index is 334. The van der Waals surface area contributed by atoms with Crippen LogP contribution in [0.1, 0.15) is 25.6 Å². The molecule has 1 aliphatic heterocycles. The summed E-state index contributed by atoms with van der Waals surface area (Å²) in [6.07, 6.45) is 2.06. The van der Waals surface area contributed by atoms with E-state index in [1.165, 1.54) is 0 Å². The topological polar surface area (TPSA) is 38.2 Å². The van der Waals surface area contributed by atoms with Gasteiger partial charge in [0, 0.05) is 31.3 Å². The number of likely N-dealkylation sites (tertiary alicyclic amines) is 1. The van der Waals surface area contributed by atoms with E-state index in [0.717, 1.165) is 18.9 Å². The van der Waals surface area contributed by atoms with Crippen molar-refractivity contribution in [2.24, 2.45) is 0 Å². The molecule has 0 atom stereocenters. The Labute approximate surface area is 90.3 Å². The SMILES string of the molecule is CC(C)c1nccc(OC2CN(C)C2)n1. The number of hydrogen-bond donors (Lipinski definition) is 0. The van der Waals surface area contributed by atoms with Crippen molar-refractivity contribution < 1.29 is 4.74 Å². The van der Waals surface area contributed by atoms with Gasteiger partial charge in [0.2, 0.25) is 5.88 Å². The molecule has 4 heteroatoms. The van der Waals surface area contributed by atoms with Gasteiger partial charge in [-0.15, -0.1) is 0 Å². The van der Waals surface area contributed by atoms with Gasteiger partial charge in [0.25, 0.3) is 0 Å². The zero-order chi connectivity index (χ0) is 10.8.